The van der Waals surface area contributed by atoms with Gasteiger partial charge in [-0.05, 0) is 43.3 Å². The number of urea groups is 1. The zero-order valence-electron chi connectivity index (χ0n) is 13.7. The van der Waals surface area contributed by atoms with Crippen molar-refractivity contribution in [1.82, 2.24) is 4.98 Å². The molecule has 0 fully saturated rings. The Balaban J connectivity index is 1.94. The van der Waals surface area contributed by atoms with Crippen molar-refractivity contribution < 1.29 is 14.3 Å². The first-order chi connectivity index (χ1) is 12.5. The Morgan fingerprint density at radius 1 is 1.08 bits per heavy atom. The molecule has 3 N–H and O–H groups in total. The Morgan fingerprint density at radius 3 is 2.58 bits per heavy atom. The van der Waals surface area contributed by atoms with Crippen LogP contribution in [0.15, 0.2) is 42.5 Å². The maximum atomic E-state index is 12.4. The number of amides is 2. The summed E-state index contributed by atoms with van der Waals surface area (Å²) in [5, 5.41) is 6.92. The van der Waals surface area contributed by atoms with Gasteiger partial charge in [-0.15, -0.1) is 0 Å². The molecule has 0 aliphatic carbocycles. The summed E-state index contributed by atoms with van der Waals surface area (Å²) in [5.74, 6) is -0.571. The third-order valence-corrected chi connectivity index (χ3v) is 4.03. The molecule has 3 rings (SSSR count). The summed E-state index contributed by atoms with van der Waals surface area (Å²) in [4.78, 5) is 27.6. The van der Waals surface area contributed by atoms with E-state index in [1.54, 1.807) is 49.4 Å². The van der Waals surface area contributed by atoms with Crippen molar-refractivity contribution in [2.75, 3.05) is 17.2 Å². The fourth-order valence-corrected chi connectivity index (χ4v) is 2.85. The van der Waals surface area contributed by atoms with Gasteiger partial charge in [0.2, 0.25) is 0 Å². The van der Waals surface area contributed by atoms with Gasteiger partial charge in [-0.3, -0.25) is 0 Å². The van der Waals surface area contributed by atoms with Crippen molar-refractivity contribution >= 4 is 57.5 Å². The van der Waals surface area contributed by atoms with Crippen LogP contribution in [0.4, 0.5) is 16.2 Å². The van der Waals surface area contributed by atoms with E-state index in [0.29, 0.717) is 32.3 Å². The predicted octanol–water partition coefficient (Wildman–Crippen LogP) is 5.30. The first-order valence-corrected chi connectivity index (χ1v) is 8.55. The minimum Gasteiger partial charge on any atom is -0.461 e. The minimum atomic E-state index is -0.571. The second kappa shape index (κ2) is 7.68. The molecule has 0 spiro atoms. The molecule has 6 nitrogen and oxygen atoms in total. The predicted molar refractivity (Wildman–Crippen MR) is 103 cm³/mol. The molecule has 0 saturated carbocycles. The van der Waals surface area contributed by atoms with Crippen molar-refractivity contribution in [2.45, 2.75) is 6.92 Å². The van der Waals surface area contributed by atoms with Crippen molar-refractivity contribution in [3.8, 4) is 0 Å². The Kier molecular flexibility index (Phi) is 5.35. The highest BCUT2D eigenvalue weighted by Gasteiger charge is 2.21. The monoisotopic (exact) mass is 391 g/mol. The fourth-order valence-electron chi connectivity index (χ4n) is 2.49. The molecule has 0 unspecified atom stereocenters. The van der Waals surface area contributed by atoms with Gasteiger partial charge in [0.1, 0.15) is 5.69 Å². The largest absolute Gasteiger partial charge is 0.461 e. The molecule has 1 aromatic heterocycles. The number of nitrogens with one attached hydrogen (secondary N) is 3. The number of H-pyrrole nitrogens is 1. The number of anilines is 2. The molecule has 0 saturated heterocycles. The summed E-state index contributed by atoms with van der Waals surface area (Å²) in [6.07, 6.45) is 0. The summed E-state index contributed by atoms with van der Waals surface area (Å²) in [6, 6.07) is 11.3. The number of esters is 1. The highest BCUT2D eigenvalue weighted by molar-refractivity contribution is 6.32. The quantitative estimate of drug-likeness (QED) is 0.527. The number of halogens is 2. The SMILES string of the molecule is CCOC(=O)c1[nH]c2ccc(Cl)cc2c1NC(=O)Nc1cccc(Cl)c1. The molecular formula is C18H15Cl2N3O3. The van der Waals surface area contributed by atoms with Crippen LogP contribution in [0.5, 0.6) is 0 Å². The van der Waals surface area contributed by atoms with Crippen molar-refractivity contribution in [3.63, 3.8) is 0 Å². The molecule has 2 amide bonds. The minimum absolute atomic E-state index is 0.144. The van der Waals surface area contributed by atoms with E-state index in [1.807, 2.05) is 0 Å². The maximum Gasteiger partial charge on any atom is 0.356 e. The zero-order chi connectivity index (χ0) is 18.7. The standard InChI is InChI=1S/C18H15Cl2N3O3/c1-2-26-17(24)16-15(13-9-11(20)6-7-14(13)22-16)23-18(25)21-12-5-3-4-10(19)8-12/h3-9,22H,2H2,1H3,(H2,21,23,25). The van der Waals surface area contributed by atoms with E-state index < -0.39 is 12.0 Å². The molecule has 26 heavy (non-hydrogen) atoms. The van der Waals surface area contributed by atoms with Crippen LogP contribution >= 0.6 is 23.2 Å². The van der Waals surface area contributed by atoms with Gasteiger partial charge in [0, 0.05) is 26.6 Å². The van der Waals surface area contributed by atoms with Crippen LogP contribution in [0.1, 0.15) is 17.4 Å². The first kappa shape index (κ1) is 18.1. The molecule has 1 heterocycles. The van der Waals surface area contributed by atoms with Crippen LogP contribution in [-0.4, -0.2) is 23.6 Å². The summed E-state index contributed by atoms with van der Waals surface area (Å²) in [6.45, 7) is 1.92. The van der Waals surface area contributed by atoms with Crippen LogP contribution in [0.2, 0.25) is 10.0 Å². The highest BCUT2D eigenvalue weighted by Crippen LogP contribution is 2.31. The number of benzene rings is 2. The Morgan fingerprint density at radius 2 is 1.85 bits per heavy atom. The smallest absolute Gasteiger partial charge is 0.356 e. The van der Waals surface area contributed by atoms with E-state index in [9.17, 15) is 9.59 Å². The topological polar surface area (TPSA) is 83.2 Å². The van der Waals surface area contributed by atoms with Gasteiger partial charge < -0.3 is 20.4 Å². The molecular weight excluding hydrogens is 377 g/mol. The third kappa shape index (κ3) is 3.92. The number of ether oxygens (including phenoxy) is 1. The van der Waals surface area contributed by atoms with Crippen LogP contribution in [0, 0.1) is 0 Å². The number of aromatic nitrogens is 1. The van der Waals surface area contributed by atoms with Gasteiger partial charge in [-0.25, -0.2) is 9.59 Å². The van der Waals surface area contributed by atoms with Gasteiger partial charge >= 0.3 is 12.0 Å². The Labute approximate surface area is 159 Å². The summed E-state index contributed by atoms with van der Waals surface area (Å²) in [7, 11) is 0. The van der Waals surface area contributed by atoms with E-state index in [2.05, 4.69) is 15.6 Å². The number of aromatic amines is 1. The lowest BCUT2D eigenvalue weighted by Crippen LogP contribution is -2.21. The molecule has 134 valence electrons. The van der Waals surface area contributed by atoms with Crippen molar-refractivity contribution in [2.24, 2.45) is 0 Å². The van der Waals surface area contributed by atoms with Crippen LogP contribution in [0.25, 0.3) is 10.9 Å². The van der Waals surface area contributed by atoms with Crippen LogP contribution in [0.3, 0.4) is 0 Å². The molecule has 0 atom stereocenters. The van der Waals surface area contributed by atoms with Gasteiger partial charge in [-0.1, -0.05) is 29.3 Å². The molecule has 8 heteroatoms. The van der Waals surface area contributed by atoms with Crippen molar-refractivity contribution in [3.05, 3.63) is 58.2 Å². The number of fused-ring (bicyclic) bond motifs is 1. The molecule has 0 bridgehead atoms. The number of carbonyl (C=O) groups is 2. The average molecular weight is 392 g/mol. The summed E-state index contributed by atoms with van der Waals surface area (Å²) < 4.78 is 5.05. The number of rotatable bonds is 4. The average Bonchev–Trinajstić information content (AvgIpc) is 2.93. The number of carbonyl (C=O) groups excluding carboxylic acids is 2. The lowest BCUT2D eigenvalue weighted by atomic mass is 10.2. The zero-order valence-corrected chi connectivity index (χ0v) is 15.2. The van der Waals surface area contributed by atoms with Gasteiger partial charge in [0.25, 0.3) is 0 Å². The van der Waals surface area contributed by atoms with E-state index in [1.165, 1.54) is 0 Å². The third-order valence-electron chi connectivity index (χ3n) is 3.56. The molecule has 2 aromatic carbocycles. The van der Waals surface area contributed by atoms with Crippen LogP contribution in [-0.2, 0) is 4.74 Å². The van der Waals surface area contributed by atoms with Gasteiger partial charge in [-0.2, -0.15) is 0 Å². The van der Waals surface area contributed by atoms with E-state index >= 15 is 0 Å². The summed E-state index contributed by atoms with van der Waals surface area (Å²) in [5.41, 5.74) is 1.60. The molecule has 3 aromatic rings. The number of hydrogen-bond donors (Lipinski definition) is 3. The normalized spacial score (nSPS) is 10.6. The molecule has 0 radical (unpaired) electrons. The van der Waals surface area contributed by atoms with Crippen molar-refractivity contribution in [1.29, 1.82) is 0 Å². The lowest BCUT2D eigenvalue weighted by molar-refractivity contribution is 0.0522. The van der Waals surface area contributed by atoms with Gasteiger partial charge in [0.05, 0.1) is 12.3 Å². The second-order valence-corrected chi connectivity index (χ2v) is 6.25. The lowest BCUT2D eigenvalue weighted by Gasteiger charge is -2.09. The fraction of sp³-hybridized carbons (Fsp3) is 0.111. The first-order valence-electron chi connectivity index (χ1n) is 7.80. The van der Waals surface area contributed by atoms with Gasteiger partial charge in [0.15, 0.2) is 0 Å². The maximum absolute atomic E-state index is 12.4. The van der Waals surface area contributed by atoms with E-state index in [-0.39, 0.29) is 12.3 Å². The highest BCUT2D eigenvalue weighted by atomic mass is 35.5. The Bertz CT molecular complexity index is 985. The van der Waals surface area contributed by atoms with Crippen LogP contribution < -0.4 is 10.6 Å². The molecule has 0 aliphatic rings. The number of hydrogen-bond acceptors (Lipinski definition) is 3. The van der Waals surface area contributed by atoms with E-state index in [0.717, 1.165) is 0 Å². The Hall–Kier alpha value is -2.70. The summed E-state index contributed by atoms with van der Waals surface area (Å²) >= 11 is 12.0. The van der Waals surface area contributed by atoms with E-state index in [4.69, 9.17) is 27.9 Å². The second-order valence-electron chi connectivity index (χ2n) is 5.37. The molecule has 0 aliphatic heterocycles.